The molecule has 2 aromatic rings. The molecular formula is C16H13F3N2O5S2. The molecule has 0 fully saturated rings. The molecule has 1 N–H and O–H groups in total. The number of nitro groups is 1. The number of amides is 1. The van der Waals surface area contributed by atoms with Crippen LogP contribution in [0.5, 0.6) is 5.75 Å². The van der Waals surface area contributed by atoms with Crippen molar-refractivity contribution in [3.63, 3.8) is 0 Å². The minimum absolute atomic E-state index is 0.106. The van der Waals surface area contributed by atoms with E-state index in [2.05, 4.69) is 5.32 Å². The first kappa shape index (κ1) is 21.7. The summed E-state index contributed by atoms with van der Waals surface area (Å²) in [7, 11) is -1.43. The van der Waals surface area contributed by atoms with E-state index in [-0.39, 0.29) is 33.0 Å². The first-order valence-corrected chi connectivity index (χ1v) is 9.83. The second-order valence-electron chi connectivity index (χ2n) is 5.25. The Balaban J connectivity index is 2.04. The van der Waals surface area contributed by atoms with Crippen LogP contribution in [0.3, 0.4) is 0 Å². The Kier molecular flexibility index (Phi) is 7.02. The average molecular weight is 434 g/mol. The van der Waals surface area contributed by atoms with E-state index < -0.39 is 39.4 Å². The van der Waals surface area contributed by atoms with Gasteiger partial charge in [0.2, 0.25) is 0 Å². The van der Waals surface area contributed by atoms with Crippen molar-refractivity contribution in [1.29, 1.82) is 0 Å². The van der Waals surface area contributed by atoms with Crippen LogP contribution in [-0.2, 0) is 15.6 Å². The molecule has 0 radical (unpaired) electrons. The highest BCUT2D eigenvalue weighted by Crippen LogP contribution is 2.37. The first-order chi connectivity index (χ1) is 13.0. The van der Waals surface area contributed by atoms with Gasteiger partial charge >= 0.3 is 11.2 Å². The summed E-state index contributed by atoms with van der Waals surface area (Å²) in [6.07, 6.45) is 1.36. The molecule has 0 saturated heterocycles. The number of nitrogens with one attached hydrogen (secondary N) is 1. The molecule has 28 heavy (non-hydrogen) atoms. The van der Waals surface area contributed by atoms with Crippen molar-refractivity contribution in [3.8, 4) is 5.75 Å². The van der Waals surface area contributed by atoms with E-state index in [4.69, 9.17) is 4.74 Å². The number of nitro benzene ring substituents is 1. The van der Waals surface area contributed by atoms with Gasteiger partial charge in [0.1, 0.15) is 0 Å². The number of hydrogen-bond donors (Lipinski definition) is 1. The van der Waals surface area contributed by atoms with Gasteiger partial charge in [-0.15, -0.1) is 0 Å². The van der Waals surface area contributed by atoms with Gasteiger partial charge in [-0.2, -0.15) is 13.2 Å². The van der Waals surface area contributed by atoms with Gasteiger partial charge in [0.25, 0.3) is 5.91 Å². The minimum Gasteiger partial charge on any atom is -0.477 e. The molecule has 0 aromatic heterocycles. The molecule has 0 aliphatic rings. The monoisotopic (exact) mass is 434 g/mol. The maximum absolute atomic E-state index is 12.4. The van der Waals surface area contributed by atoms with E-state index >= 15 is 0 Å². The van der Waals surface area contributed by atoms with Crippen LogP contribution < -0.4 is 10.1 Å². The number of anilines is 1. The Bertz CT molecular complexity index is 921. The molecule has 1 amide bonds. The van der Waals surface area contributed by atoms with Crippen LogP contribution in [0, 0.1) is 10.1 Å². The van der Waals surface area contributed by atoms with Gasteiger partial charge in [0.15, 0.2) is 12.4 Å². The standard InChI is InChI=1S/C16H13F3N2O5S2/c1-28(25)12-5-6-14(13(8-12)21(23)24)26-9-15(22)20-10-3-2-4-11(7-10)27-16(17,18)19/h2-8H,9H2,1H3,(H,20,22). The summed E-state index contributed by atoms with van der Waals surface area (Å²) in [4.78, 5) is 22.5. The SMILES string of the molecule is CS(=O)c1ccc(OCC(=O)Nc2cccc(SC(F)(F)F)c2)c([N+](=O)[O-])c1. The molecule has 7 nitrogen and oxygen atoms in total. The van der Waals surface area contributed by atoms with Crippen molar-refractivity contribution in [1.82, 2.24) is 0 Å². The lowest BCUT2D eigenvalue weighted by molar-refractivity contribution is -0.386. The number of nitrogens with zero attached hydrogens (tertiary/aromatic N) is 1. The number of halogens is 3. The molecular weight excluding hydrogens is 421 g/mol. The topological polar surface area (TPSA) is 98.5 Å². The molecule has 0 aliphatic carbocycles. The van der Waals surface area contributed by atoms with Crippen LogP contribution in [0.1, 0.15) is 0 Å². The van der Waals surface area contributed by atoms with Crippen LogP contribution in [-0.4, -0.2) is 33.4 Å². The zero-order valence-electron chi connectivity index (χ0n) is 14.2. The highest BCUT2D eigenvalue weighted by atomic mass is 32.2. The van der Waals surface area contributed by atoms with Crippen LogP contribution in [0.2, 0.25) is 0 Å². The van der Waals surface area contributed by atoms with Crippen LogP contribution in [0.4, 0.5) is 24.5 Å². The van der Waals surface area contributed by atoms with Gasteiger partial charge in [-0.25, -0.2) is 0 Å². The summed E-state index contributed by atoms with van der Waals surface area (Å²) in [5, 5.41) is 13.5. The molecule has 2 aromatic carbocycles. The number of benzene rings is 2. The quantitative estimate of drug-likeness (QED) is 0.402. The third-order valence-electron chi connectivity index (χ3n) is 3.17. The van der Waals surface area contributed by atoms with Crippen molar-refractivity contribution < 1.29 is 31.8 Å². The number of hydrogen-bond acceptors (Lipinski definition) is 6. The molecule has 0 heterocycles. The lowest BCUT2D eigenvalue weighted by Gasteiger charge is -2.10. The molecule has 0 saturated carbocycles. The fourth-order valence-corrected chi connectivity index (χ4v) is 3.19. The lowest BCUT2D eigenvalue weighted by Crippen LogP contribution is -2.20. The summed E-state index contributed by atoms with van der Waals surface area (Å²) in [6.45, 7) is -0.605. The fourth-order valence-electron chi connectivity index (χ4n) is 2.05. The summed E-state index contributed by atoms with van der Waals surface area (Å²) < 4.78 is 53.8. The Morgan fingerprint density at radius 3 is 2.61 bits per heavy atom. The molecule has 0 bridgehead atoms. The van der Waals surface area contributed by atoms with E-state index in [9.17, 15) is 32.3 Å². The minimum atomic E-state index is -4.46. The molecule has 2 rings (SSSR count). The van der Waals surface area contributed by atoms with Crippen LogP contribution >= 0.6 is 11.8 Å². The second kappa shape index (κ2) is 9.06. The number of carbonyl (C=O) groups excluding carboxylic acids is 1. The van der Waals surface area contributed by atoms with Crippen molar-refractivity contribution >= 4 is 39.8 Å². The van der Waals surface area contributed by atoms with Gasteiger partial charge in [0.05, 0.1) is 15.7 Å². The number of thioether (sulfide) groups is 1. The van der Waals surface area contributed by atoms with E-state index in [1.165, 1.54) is 36.6 Å². The zero-order chi connectivity index (χ0) is 20.9. The fraction of sp³-hybridized carbons (Fsp3) is 0.188. The van der Waals surface area contributed by atoms with Gasteiger partial charge in [-0.05, 0) is 42.1 Å². The average Bonchev–Trinajstić information content (AvgIpc) is 2.58. The van der Waals surface area contributed by atoms with E-state index in [1.54, 1.807) is 0 Å². The maximum Gasteiger partial charge on any atom is 0.446 e. The Morgan fingerprint density at radius 2 is 2.00 bits per heavy atom. The Morgan fingerprint density at radius 1 is 1.29 bits per heavy atom. The van der Waals surface area contributed by atoms with Gasteiger partial charge < -0.3 is 10.1 Å². The van der Waals surface area contributed by atoms with Crippen molar-refractivity contribution in [3.05, 3.63) is 52.6 Å². The first-order valence-electron chi connectivity index (χ1n) is 7.45. The molecule has 0 aliphatic heterocycles. The van der Waals surface area contributed by atoms with Crippen molar-refractivity contribution in [2.45, 2.75) is 15.3 Å². The van der Waals surface area contributed by atoms with Crippen molar-refractivity contribution in [2.75, 3.05) is 18.2 Å². The Hall–Kier alpha value is -2.60. The van der Waals surface area contributed by atoms with Gasteiger partial charge in [0, 0.05) is 27.8 Å². The highest BCUT2D eigenvalue weighted by Gasteiger charge is 2.29. The maximum atomic E-state index is 12.4. The van der Waals surface area contributed by atoms with E-state index in [1.807, 2.05) is 0 Å². The van der Waals surface area contributed by atoms with Gasteiger partial charge in [-0.3, -0.25) is 19.1 Å². The summed E-state index contributed by atoms with van der Waals surface area (Å²) in [6, 6.07) is 8.81. The summed E-state index contributed by atoms with van der Waals surface area (Å²) in [5.74, 6) is -0.915. The smallest absolute Gasteiger partial charge is 0.446 e. The highest BCUT2D eigenvalue weighted by molar-refractivity contribution is 8.00. The van der Waals surface area contributed by atoms with E-state index in [0.29, 0.717) is 0 Å². The second-order valence-corrected chi connectivity index (χ2v) is 7.77. The zero-order valence-corrected chi connectivity index (χ0v) is 15.8. The molecule has 1 atom stereocenters. The van der Waals surface area contributed by atoms with Gasteiger partial charge in [-0.1, -0.05) is 6.07 Å². The van der Waals surface area contributed by atoms with Crippen LogP contribution in [0.25, 0.3) is 0 Å². The molecule has 150 valence electrons. The number of rotatable bonds is 7. The van der Waals surface area contributed by atoms with Crippen molar-refractivity contribution in [2.24, 2.45) is 0 Å². The largest absolute Gasteiger partial charge is 0.477 e. The summed E-state index contributed by atoms with van der Waals surface area (Å²) in [5.41, 5.74) is -4.79. The molecule has 0 spiro atoms. The number of carbonyl (C=O) groups is 1. The molecule has 1 unspecified atom stereocenters. The third-order valence-corrected chi connectivity index (χ3v) is 4.81. The number of alkyl halides is 3. The third kappa shape index (κ3) is 6.53. The Labute approximate surface area is 163 Å². The lowest BCUT2D eigenvalue weighted by atomic mass is 10.3. The number of ether oxygens (including phenoxy) is 1. The predicted octanol–water partition coefficient (Wildman–Crippen LogP) is 3.96. The van der Waals surface area contributed by atoms with Crippen LogP contribution in [0.15, 0.2) is 52.3 Å². The predicted molar refractivity (Wildman–Crippen MR) is 97.9 cm³/mol. The molecule has 12 heteroatoms. The normalized spacial score (nSPS) is 12.3. The van der Waals surface area contributed by atoms with E-state index in [0.717, 1.165) is 12.1 Å². The summed E-state index contributed by atoms with van der Waals surface area (Å²) >= 11 is -0.321.